The molecule has 0 heterocycles. The summed E-state index contributed by atoms with van der Waals surface area (Å²) in [5.74, 6) is -0.357. The van der Waals surface area contributed by atoms with Crippen LogP contribution in [-0.2, 0) is 11.2 Å². The van der Waals surface area contributed by atoms with Crippen molar-refractivity contribution in [1.29, 1.82) is 0 Å². The van der Waals surface area contributed by atoms with Crippen LogP contribution in [-0.4, -0.2) is 35.5 Å². The molecule has 7 nitrogen and oxygen atoms in total. The number of nitrogens with zero attached hydrogens (tertiary/aromatic N) is 1. The molecule has 0 bridgehead atoms. The van der Waals surface area contributed by atoms with Crippen LogP contribution in [0.25, 0.3) is 0 Å². The quantitative estimate of drug-likeness (QED) is 0.354. The van der Waals surface area contributed by atoms with E-state index >= 15 is 0 Å². The number of aryl methyl sites for hydroxylation is 1. The first-order valence-corrected chi connectivity index (χ1v) is 5.61. The van der Waals surface area contributed by atoms with Crippen molar-refractivity contribution in [3.05, 3.63) is 23.3 Å². The number of phenolic OH excluding ortho intramolecular Hbond substituents is 2. The summed E-state index contributed by atoms with van der Waals surface area (Å²) < 4.78 is 0. The normalized spacial score (nSPS) is 9.53. The number of hydrogen-bond donors (Lipinski definition) is 4. The Balaban J connectivity index is 2.43. The number of isocyanates is 1. The lowest BCUT2D eigenvalue weighted by Gasteiger charge is -2.09. The highest BCUT2D eigenvalue weighted by molar-refractivity contribution is 5.73. The number of aliphatic imine (C=N–C) groups is 1. The largest absolute Gasteiger partial charge is 0.504 e. The Hall–Kier alpha value is -2.53. The van der Waals surface area contributed by atoms with Gasteiger partial charge in [-0.3, -0.25) is 0 Å². The first-order chi connectivity index (χ1) is 9.04. The van der Waals surface area contributed by atoms with Crippen molar-refractivity contribution in [2.45, 2.75) is 13.3 Å². The van der Waals surface area contributed by atoms with Crippen LogP contribution in [0.4, 0.5) is 4.79 Å². The highest BCUT2D eigenvalue weighted by atomic mass is 16.3. The van der Waals surface area contributed by atoms with Gasteiger partial charge in [-0.2, -0.15) is 4.99 Å². The molecule has 7 heteroatoms. The van der Waals surface area contributed by atoms with Crippen LogP contribution in [0.1, 0.15) is 11.1 Å². The Kier molecular flexibility index (Phi) is 5.37. The smallest absolute Gasteiger partial charge is 0.316 e. The Bertz CT molecular complexity index is 510. The van der Waals surface area contributed by atoms with E-state index in [4.69, 9.17) is 0 Å². The molecule has 1 aromatic carbocycles. The van der Waals surface area contributed by atoms with Crippen molar-refractivity contribution < 1.29 is 19.8 Å². The lowest BCUT2D eigenvalue weighted by molar-refractivity contribution is 0.241. The number of nitrogens with one attached hydrogen (secondary N) is 2. The maximum atomic E-state index is 11.2. The fourth-order valence-corrected chi connectivity index (χ4v) is 1.51. The van der Waals surface area contributed by atoms with Gasteiger partial charge in [0.25, 0.3) is 0 Å². The summed E-state index contributed by atoms with van der Waals surface area (Å²) in [6.45, 7) is 2.03. The number of phenols is 2. The van der Waals surface area contributed by atoms with Crippen LogP contribution >= 0.6 is 0 Å². The van der Waals surface area contributed by atoms with Crippen molar-refractivity contribution in [1.82, 2.24) is 10.6 Å². The summed E-state index contributed by atoms with van der Waals surface area (Å²) in [5, 5.41) is 23.6. The predicted octanol–water partition coefficient (Wildman–Crippen LogP) is 0.541. The number of carbonyl (C=O) groups excluding carboxylic acids is 2. The third-order valence-electron chi connectivity index (χ3n) is 2.50. The van der Waals surface area contributed by atoms with Crippen molar-refractivity contribution in [2.24, 2.45) is 4.99 Å². The van der Waals surface area contributed by atoms with Crippen LogP contribution < -0.4 is 10.6 Å². The average Bonchev–Trinajstić information content (AvgIpc) is 2.36. The highest BCUT2D eigenvalue weighted by Gasteiger charge is 2.06. The summed E-state index contributed by atoms with van der Waals surface area (Å²) in [6, 6.07) is 2.48. The Morgan fingerprint density at radius 2 is 2.00 bits per heavy atom. The molecule has 1 aromatic rings. The molecule has 0 spiro atoms. The predicted molar refractivity (Wildman–Crippen MR) is 67.7 cm³/mol. The molecule has 1 rings (SSSR count). The van der Waals surface area contributed by atoms with Gasteiger partial charge in [0.2, 0.25) is 6.08 Å². The second-order valence-corrected chi connectivity index (χ2v) is 3.86. The second kappa shape index (κ2) is 7.03. The zero-order valence-electron chi connectivity index (χ0n) is 10.4. The van der Waals surface area contributed by atoms with Crippen molar-refractivity contribution in [3.8, 4) is 11.5 Å². The second-order valence-electron chi connectivity index (χ2n) is 3.86. The zero-order chi connectivity index (χ0) is 14.3. The number of urea groups is 1. The van der Waals surface area contributed by atoms with Crippen LogP contribution in [0.3, 0.4) is 0 Å². The van der Waals surface area contributed by atoms with Gasteiger partial charge in [-0.05, 0) is 36.6 Å². The number of hydrogen-bond acceptors (Lipinski definition) is 5. The number of benzene rings is 1. The van der Waals surface area contributed by atoms with E-state index in [0.29, 0.717) is 13.0 Å². The first kappa shape index (κ1) is 14.5. The Morgan fingerprint density at radius 1 is 1.32 bits per heavy atom. The van der Waals surface area contributed by atoms with E-state index in [-0.39, 0.29) is 18.2 Å². The van der Waals surface area contributed by atoms with Gasteiger partial charge in [-0.15, -0.1) is 0 Å². The zero-order valence-corrected chi connectivity index (χ0v) is 10.4. The van der Waals surface area contributed by atoms with Gasteiger partial charge in [0.05, 0.1) is 0 Å². The van der Waals surface area contributed by atoms with Gasteiger partial charge < -0.3 is 20.8 Å². The van der Waals surface area contributed by atoms with Crippen LogP contribution in [0.5, 0.6) is 11.5 Å². The Morgan fingerprint density at radius 3 is 2.68 bits per heavy atom. The van der Waals surface area contributed by atoms with Gasteiger partial charge >= 0.3 is 6.03 Å². The molecule has 4 N–H and O–H groups in total. The van der Waals surface area contributed by atoms with E-state index in [1.54, 1.807) is 6.92 Å². The van der Waals surface area contributed by atoms with Crippen LogP contribution in [0.2, 0.25) is 0 Å². The van der Waals surface area contributed by atoms with E-state index in [1.807, 2.05) is 0 Å². The molecule has 0 aromatic heterocycles. The number of aromatic hydroxyl groups is 2. The summed E-state index contributed by atoms with van der Waals surface area (Å²) >= 11 is 0. The summed E-state index contributed by atoms with van der Waals surface area (Å²) in [5.41, 5.74) is 1.64. The maximum absolute atomic E-state index is 11.2. The molecule has 0 unspecified atom stereocenters. The number of amides is 2. The van der Waals surface area contributed by atoms with Crippen molar-refractivity contribution in [2.75, 3.05) is 13.2 Å². The molecule has 0 aliphatic heterocycles. The van der Waals surface area contributed by atoms with E-state index in [9.17, 15) is 19.8 Å². The molecular weight excluding hydrogens is 250 g/mol. The van der Waals surface area contributed by atoms with E-state index in [0.717, 1.165) is 11.1 Å². The van der Waals surface area contributed by atoms with E-state index in [2.05, 4.69) is 15.6 Å². The van der Waals surface area contributed by atoms with Gasteiger partial charge in [-0.25, -0.2) is 9.59 Å². The van der Waals surface area contributed by atoms with Gasteiger partial charge in [-0.1, -0.05) is 0 Å². The first-order valence-electron chi connectivity index (χ1n) is 5.61. The molecule has 19 heavy (non-hydrogen) atoms. The third kappa shape index (κ3) is 4.69. The van der Waals surface area contributed by atoms with Crippen molar-refractivity contribution in [3.63, 3.8) is 0 Å². The molecule has 102 valence electrons. The molecule has 2 amide bonds. The van der Waals surface area contributed by atoms with E-state index < -0.39 is 6.03 Å². The number of rotatable bonds is 5. The summed E-state index contributed by atoms with van der Waals surface area (Å²) in [7, 11) is 0. The number of carbonyl (C=O) groups is 1. The fraction of sp³-hybridized carbons (Fsp3) is 0.333. The molecule has 0 aliphatic carbocycles. The van der Waals surface area contributed by atoms with Gasteiger partial charge in [0.15, 0.2) is 11.5 Å². The minimum atomic E-state index is -0.445. The summed E-state index contributed by atoms with van der Waals surface area (Å²) in [6.07, 6.45) is 1.81. The third-order valence-corrected chi connectivity index (χ3v) is 2.50. The minimum Gasteiger partial charge on any atom is -0.504 e. The molecule has 0 saturated carbocycles. The molecular formula is C12H15N3O4. The molecule has 0 aliphatic rings. The maximum Gasteiger partial charge on any atom is 0.316 e. The lowest BCUT2D eigenvalue weighted by Crippen LogP contribution is -2.36. The fourth-order valence-electron chi connectivity index (χ4n) is 1.51. The highest BCUT2D eigenvalue weighted by Crippen LogP contribution is 2.27. The lowest BCUT2D eigenvalue weighted by atomic mass is 10.0. The molecule has 0 fully saturated rings. The van der Waals surface area contributed by atoms with Crippen LogP contribution in [0, 0.1) is 6.92 Å². The van der Waals surface area contributed by atoms with Crippen molar-refractivity contribution >= 4 is 12.1 Å². The average molecular weight is 265 g/mol. The molecule has 0 atom stereocenters. The minimum absolute atomic E-state index is 0.117. The standard InChI is InChI=1S/C12H15N3O4/c1-8-4-10(17)11(18)5-9(8)2-3-14-12(19)15-6-13-7-16/h4-5,17-18H,2-3,6H2,1H3,(H2,14,15,19). The Labute approximate surface area is 110 Å². The summed E-state index contributed by atoms with van der Waals surface area (Å²) in [4.78, 5) is 24.2. The molecule has 0 radical (unpaired) electrons. The SMILES string of the molecule is Cc1cc(O)c(O)cc1CCNC(=O)NCN=C=O. The van der Waals surface area contributed by atoms with Crippen LogP contribution in [0.15, 0.2) is 17.1 Å². The monoisotopic (exact) mass is 265 g/mol. The molecule has 0 saturated heterocycles. The van der Waals surface area contributed by atoms with Gasteiger partial charge in [0, 0.05) is 6.54 Å². The van der Waals surface area contributed by atoms with E-state index in [1.165, 1.54) is 18.2 Å². The van der Waals surface area contributed by atoms with Gasteiger partial charge in [0.1, 0.15) is 6.67 Å². The topological polar surface area (TPSA) is 111 Å².